The smallest absolute Gasteiger partial charge is 0.309 e. The van der Waals surface area contributed by atoms with E-state index in [-0.39, 0.29) is 28.8 Å². The normalized spacial score (nSPS) is 14.2. The van der Waals surface area contributed by atoms with Crippen LogP contribution in [0.5, 0.6) is 0 Å². The molecule has 8 nitrogen and oxygen atoms in total. The van der Waals surface area contributed by atoms with Gasteiger partial charge in [-0.1, -0.05) is 18.0 Å². The van der Waals surface area contributed by atoms with Crippen molar-refractivity contribution in [2.24, 2.45) is 0 Å². The van der Waals surface area contributed by atoms with Crippen LogP contribution in [0.2, 0.25) is 5.02 Å². The Bertz CT molecular complexity index is 1230. The van der Waals surface area contributed by atoms with E-state index in [1.165, 1.54) is 6.07 Å². The number of hydrogen-bond donors (Lipinski definition) is 1. The largest absolute Gasteiger partial charge is 0.416 e. The Balaban J connectivity index is 1.60. The van der Waals surface area contributed by atoms with E-state index in [0.29, 0.717) is 24.5 Å². The molecule has 3 heterocycles. The number of benzene rings is 1. The molecule has 1 aromatic carbocycles. The molecule has 12 heteroatoms. The molecule has 0 bridgehead atoms. The summed E-state index contributed by atoms with van der Waals surface area (Å²) in [6.07, 6.45) is -1.07. The van der Waals surface area contributed by atoms with E-state index in [0.717, 1.165) is 46.8 Å². The minimum absolute atomic E-state index is 0.0317. The van der Waals surface area contributed by atoms with Gasteiger partial charge in [0.05, 0.1) is 22.0 Å². The lowest BCUT2D eigenvalue weighted by atomic mass is 10.2. The third kappa shape index (κ3) is 4.43. The average Bonchev–Trinajstić information content (AvgIpc) is 3.10. The Kier molecular flexibility index (Phi) is 5.85. The molecule has 32 heavy (non-hydrogen) atoms. The second-order valence-corrected chi connectivity index (χ2v) is 8.02. The Hall–Kier alpha value is -3.08. The Labute approximate surface area is 185 Å². The fraction of sp³-hybridized carbons (Fsp3) is 0.400. The van der Waals surface area contributed by atoms with Crippen molar-refractivity contribution in [1.29, 1.82) is 0 Å². The van der Waals surface area contributed by atoms with Crippen LogP contribution in [0.3, 0.4) is 0 Å². The maximum Gasteiger partial charge on any atom is 0.416 e. The standard InChI is InChI=1S/C20H20ClF3N6O2/c1-12-9-17(30(26-12)15-10-13(20(22,23)24)6-7-14(15)21)25-18(31)11-29-19(32)28-8-4-2-3-5-16(28)27-29/h6-7,9-10H,2-5,8,11H2,1H3,(H,25,31). The molecule has 0 unspecified atom stereocenters. The van der Waals surface area contributed by atoms with E-state index < -0.39 is 17.6 Å². The molecule has 0 fully saturated rings. The first-order chi connectivity index (χ1) is 15.1. The number of anilines is 1. The number of fused-ring (bicyclic) bond motifs is 1. The van der Waals surface area contributed by atoms with Crippen molar-refractivity contribution in [3.8, 4) is 5.69 Å². The van der Waals surface area contributed by atoms with E-state index in [2.05, 4.69) is 15.5 Å². The third-order valence-electron chi connectivity index (χ3n) is 5.18. The van der Waals surface area contributed by atoms with E-state index in [4.69, 9.17) is 11.6 Å². The fourth-order valence-corrected chi connectivity index (χ4v) is 3.87. The number of nitrogens with one attached hydrogen (secondary N) is 1. The van der Waals surface area contributed by atoms with Crippen molar-refractivity contribution in [2.45, 2.75) is 51.9 Å². The third-order valence-corrected chi connectivity index (χ3v) is 5.50. The predicted octanol–water partition coefficient (Wildman–Crippen LogP) is 3.58. The maximum atomic E-state index is 13.2. The minimum Gasteiger partial charge on any atom is -0.309 e. The van der Waals surface area contributed by atoms with Gasteiger partial charge in [0.25, 0.3) is 0 Å². The highest BCUT2D eigenvalue weighted by Gasteiger charge is 2.31. The molecule has 0 radical (unpaired) electrons. The number of carbonyl (C=O) groups is 1. The quantitative estimate of drug-likeness (QED) is 0.634. The molecule has 2 aromatic heterocycles. The summed E-state index contributed by atoms with van der Waals surface area (Å²) in [4.78, 5) is 25.2. The second kappa shape index (κ2) is 8.45. The molecule has 0 spiro atoms. The number of carbonyl (C=O) groups excluding carboxylic acids is 1. The van der Waals surface area contributed by atoms with Gasteiger partial charge in [0, 0.05) is 19.0 Å². The number of rotatable bonds is 4. The monoisotopic (exact) mass is 468 g/mol. The van der Waals surface area contributed by atoms with Crippen molar-refractivity contribution in [3.63, 3.8) is 0 Å². The summed E-state index contributed by atoms with van der Waals surface area (Å²) in [7, 11) is 0. The van der Waals surface area contributed by atoms with Crippen molar-refractivity contribution >= 4 is 23.3 Å². The van der Waals surface area contributed by atoms with Crippen LogP contribution in [-0.2, 0) is 30.5 Å². The first-order valence-corrected chi connectivity index (χ1v) is 10.4. The molecule has 3 aromatic rings. The lowest BCUT2D eigenvalue weighted by molar-refractivity contribution is -0.137. The summed E-state index contributed by atoms with van der Waals surface area (Å²) in [5.41, 5.74) is -0.827. The number of aryl methyl sites for hydroxylation is 2. The average molecular weight is 469 g/mol. The predicted molar refractivity (Wildman–Crippen MR) is 111 cm³/mol. The van der Waals surface area contributed by atoms with Crippen LogP contribution < -0.4 is 11.0 Å². The molecule has 0 aliphatic carbocycles. The van der Waals surface area contributed by atoms with Crippen molar-refractivity contribution in [3.05, 3.63) is 56.9 Å². The Morgan fingerprint density at radius 1 is 1.19 bits per heavy atom. The van der Waals surface area contributed by atoms with Gasteiger partial charge in [0.2, 0.25) is 5.91 Å². The topological polar surface area (TPSA) is 86.7 Å². The van der Waals surface area contributed by atoms with Gasteiger partial charge in [-0.2, -0.15) is 23.4 Å². The SMILES string of the molecule is Cc1cc(NC(=O)Cn2nc3n(c2=O)CCCCC3)n(-c2cc(C(F)(F)F)ccc2Cl)n1. The second-order valence-electron chi connectivity index (χ2n) is 7.61. The molecule has 1 aliphatic heterocycles. The Morgan fingerprint density at radius 3 is 2.72 bits per heavy atom. The number of halogens is 4. The molecule has 1 N–H and O–H groups in total. The van der Waals surface area contributed by atoms with Gasteiger partial charge < -0.3 is 5.32 Å². The number of aromatic nitrogens is 5. The summed E-state index contributed by atoms with van der Waals surface area (Å²) in [5, 5.41) is 11.1. The van der Waals surface area contributed by atoms with Crippen LogP contribution in [0.1, 0.15) is 36.3 Å². The summed E-state index contributed by atoms with van der Waals surface area (Å²) in [6, 6.07) is 4.36. The molecule has 170 valence electrons. The molecule has 0 atom stereocenters. The highest BCUT2D eigenvalue weighted by atomic mass is 35.5. The summed E-state index contributed by atoms with van der Waals surface area (Å²) in [5.74, 6) is 0.212. The van der Waals surface area contributed by atoms with E-state index in [9.17, 15) is 22.8 Å². The molecule has 1 amide bonds. The zero-order valence-electron chi connectivity index (χ0n) is 17.1. The molecule has 4 rings (SSSR count). The van der Waals surface area contributed by atoms with Gasteiger partial charge in [-0.3, -0.25) is 9.36 Å². The first kappa shape index (κ1) is 22.1. The molecular weight excluding hydrogens is 449 g/mol. The highest BCUT2D eigenvalue weighted by molar-refractivity contribution is 6.32. The van der Waals surface area contributed by atoms with Crippen LogP contribution in [-0.4, -0.2) is 30.0 Å². The summed E-state index contributed by atoms with van der Waals surface area (Å²) >= 11 is 6.12. The highest BCUT2D eigenvalue weighted by Crippen LogP contribution is 2.34. The van der Waals surface area contributed by atoms with E-state index in [1.54, 1.807) is 11.5 Å². The number of hydrogen-bond acceptors (Lipinski definition) is 4. The molecule has 1 aliphatic rings. The molecular formula is C20H20ClF3N6O2. The van der Waals surface area contributed by atoms with Gasteiger partial charge in [-0.15, -0.1) is 0 Å². The van der Waals surface area contributed by atoms with Gasteiger partial charge in [-0.05, 0) is 38.0 Å². The van der Waals surface area contributed by atoms with Crippen molar-refractivity contribution < 1.29 is 18.0 Å². The van der Waals surface area contributed by atoms with Gasteiger partial charge >= 0.3 is 11.9 Å². The van der Waals surface area contributed by atoms with Gasteiger partial charge in [0.15, 0.2) is 0 Å². The van der Waals surface area contributed by atoms with E-state index >= 15 is 0 Å². The zero-order chi connectivity index (χ0) is 23.0. The lowest BCUT2D eigenvalue weighted by Gasteiger charge is -2.13. The first-order valence-electron chi connectivity index (χ1n) is 10.0. The zero-order valence-corrected chi connectivity index (χ0v) is 17.9. The van der Waals surface area contributed by atoms with E-state index in [1.807, 2.05) is 0 Å². The maximum absolute atomic E-state index is 13.2. The Morgan fingerprint density at radius 2 is 1.97 bits per heavy atom. The van der Waals surface area contributed by atoms with Crippen LogP contribution in [0, 0.1) is 6.92 Å². The fourth-order valence-electron chi connectivity index (χ4n) is 3.67. The lowest BCUT2D eigenvalue weighted by Crippen LogP contribution is -2.30. The van der Waals surface area contributed by atoms with Crippen LogP contribution >= 0.6 is 11.6 Å². The molecule has 0 saturated carbocycles. The minimum atomic E-state index is -4.56. The number of alkyl halides is 3. The van der Waals surface area contributed by atoms with Gasteiger partial charge in [-0.25, -0.2) is 14.2 Å². The summed E-state index contributed by atoms with van der Waals surface area (Å²) < 4.78 is 43.3. The van der Waals surface area contributed by atoms with Crippen LogP contribution in [0.15, 0.2) is 29.1 Å². The van der Waals surface area contributed by atoms with Crippen LogP contribution in [0.25, 0.3) is 5.69 Å². The summed E-state index contributed by atoms with van der Waals surface area (Å²) in [6.45, 7) is 1.86. The number of amides is 1. The van der Waals surface area contributed by atoms with Gasteiger partial charge in [0.1, 0.15) is 18.2 Å². The van der Waals surface area contributed by atoms with Crippen molar-refractivity contribution in [2.75, 3.05) is 5.32 Å². The molecule has 0 saturated heterocycles. The van der Waals surface area contributed by atoms with Crippen molar-refractivity contribution in [1.82, 2.24) is 24.1 Å². The van der Waals surface area contributed by atoms with Crippen LogP contribution in [0.4, 0.5) is 19.0 Å². The number of nitrogens with zero attached hydrogens (tertiary/aromatic N) is 5.